The van der Waals surface area contributed by atoms with Crippen molar-refractivity contribution in [2.24, 2.45) is 5.92 Å². The Kier molecular flexibility index (Phi) is 5.25. The molecule has 1 atom stereocenters. The van der Waals surface area contributed by atoms with Crippen LogP contribution in [-0.2, 0) is 0 Å². The maximum Gasteiger partial charge on any atom is 0.00922 e. The van der Waals surface area contributed by atoms with Crippen LogP contribution in [0.3, 0.4) is 0 Å². The highest BCUT2D eigenvalue weighted by Gasteiger charge is 2.26. The molecule has 1 heteroatoms. The van der Waals surface area contributed by atoms with Gasteiger partial charge in [-0.1, -0.05) is 43.7 Å². The second-order valence-electron chi connectivity index (χ2n) is 5.71. The molecule has 0 saturated heterocycles. The van der Waals surface area contributed by atoms with E-state index in [1.807, 2.05) is 0 Å². The van der Waals surface area contributed by atoms with Crippen LogP contribution in [0.2, 0.25) is 0 Å². The Hall–Kier alpha value is -0.820. The fraction of sp³-hybridized carbons (Fsp3) is 0.647. The molecule has 0 radical (unpaired) electrons. The maximum atomic E-state index is 3.53. The van der Waals surface area contributed by atoms with E-state index >= 15 is 0 Å². The molecule has 0 amide bonds. The molecule has 100 valence electrons. The molecule has 2 rings (SSSR count). The summed E-state index contributed by atoms with van der Waals surface area (Å²) in [6.45, 7) is 2.29. The SMILES string of the molecule is CCCC(NC)C1CCC(c2ccccc2)CC1. The highest BCUT2D eigenvalue weighted by Crippen LogP contribution is 2.37. The third-order valence-electron chi connectivity index (χ3n) is 4.58. The average Bonchev–Trinajstić information content (AvgIpc) is 2.46. The molecule has 1 aliphatic rings. The number of hydrogen-bond donors (Lipinski definition) is 1. The van der Waals surface area contributed by atoms with Gasteiger partial charge in [0.1, 0.15) is 0 Å². The van der Waals surface area contributed by atoms with Gasteiger partial charge in [0, 0.05) is 6.04 Å². The lowest BCUT2D eigenvalue weighted by atomic mass is 9.75. The molecule has 1 unspecified atom stereocenters. The Labute approximate surface area is 112 Å². The van der Waals surface area contributed by atoms with Crippen molar-refractivity contribution in [1.82, 2.24) is 5.32 Å². The summed E-state index contributed by atoms with van der Waals surface area (Å²) >= 11 is 0. The Balaban J connectivity index is 1.88. The van der Waals surface area contributed by atoms with Gasteiger partial charge in [0.05, 0.1) is 0 Å². The highest BCUT2D eigenvalue weighted by atomic mass is 14.9. The van der Waals surface area contributed by atoms with Crippen molar-refractivity contribution in [3.05, 3.63) is 35.9 Å². The van der Waals surface area contributed by atoms with Crippen molar-refractivity contribution < 1.29 is 0 Å². The smallest absolute Gasteiger partial charge is 0.00922 e. The van der Waals surface area contributed by atoms with Crippen molar-refractivity contribution >= 4 is 0 Å². The van der Waals surface area contributed by atoms with E-state index in [2.05, 4.69) is 49.6 Å². The first-order valence-corrected chi connectivity index (χ1v) is 7.57. The number of benzene rings is 1. The molecule has 1 aromatic carbocycles. The minimum absolute atomic E-state index is 0.742. The third kappa shape index (κ3) is 3.35. The van der Waals surface area contributed by atoms with Gasteiger partial charge in [-0.15, -0.1) is 0 Å². The Morgan fingerprint density at radius 1 is 1.11 bits per heavy atom. The number of nitrogens with one attached hydrogen (secondary N) is 1. The van der Waals surface area contributed by atoms with E-state index in [1.165, 1.54) is 38.5 Å². The molecule has 1 fully saturated rings. The summed E-state index contributed by atoms with van der Waals surface area (Å²) in [7, 11) is 2.13. The zero-order valence-electron chi connectivity index (χ0n) is 11.9. The fourth-order valence-corrected chi connectivity index (χ4v) is 3.51. The molecule has 1 saturated carbocycles. The molecule has 0 aromatic heterocycles. The third-order valence-corrected chi connectivity index (χ3v) is 4.58. The van der Waals surface area contributed by atoms with E-state index in [0.717, 1.165) is 17.9 Å². The van der Waals surface area contributed by atoms with Gasteiger partial charge in [-0.25, -0.2) is 0 Å². The minimum Gasteiger partial charge on any atom is -0.317 e. The Morgan fingerprint density at radius 2 is 1.78 bits per heavy atom. The van der Waals surface area contributed by atoms with E-state index in [4.69, 9.17) is 0 Å². The van der Waals surface area contributed by atoms with E-state index in [1.54, 1.807) is 5.56 Å². The molecule has 0 heterocycles. The lowest BCUT2D eigenvalue weighted by Gasteiger charge is -2.34. The normalized spacial score (nSPS) is 25.9. The molecular formula is C17H27N. The summed E-state index contributed by atoms with van der Waals surface area (Å²) in [4.78, 5) is 0. The van der Waals surface area contributed by atoms with Crippen LogP contribution in [0.4, 0.5) is 0 Å². The van der Waals surface area contributed by atoms with E-state index in [-0.39, 0.29) is 0 Å². The summed E-state index contributed by atoms with van der Waals surface area (Å²) < 4.78 is 0. The van der Waals surface area contributed by atoms with Crippen molar-refractivity contribution in [1.29, 1.82) is 0 Å². The van der Waals surface area contributed by atoms with Crippen LogP contribution >= 0.6 is 0 Å². The molecule has 1 aliphatic carbocycles. The monoisotopic (exact) mass is 245 g/mol. The lowest BCUT2D eigenvalue weighted by Crippen LogP contribution is -2.35. The first-order chi connectivity index (χ1) is 8.85. The fourth-order valence-electron chi connectivity index (χ4n) is 3.51. The summed E-state index contributed by atoms with van der Waals surface area (Å²) in [5.41, 5.74) is 1.55. The predicted octanol–water partition coefficient (Wildman–Crippen LogP) is 4.35. The zero-order valence-corrected chi connectivity index (χ0v) is 11.9. The van der Waals surface area contributed by atoms with Crippen molar-refractivity contribution in [3.63, 3.8) is 0 Å². The van der Waals surface area contributed by atoms with Crippen LogP contribution < -0.4 is 5.32 Å². The standard InChI is InChI=1S/C17H27N/c1-3-7-17(18-2)16-12-10-15(11-13-16)14-8-5-4-6-9-14/h4-6,8-9,15-18H,3,7,10-13H2,1-2H3. The second kappa shape index (κ2) is 6.94. The minimum atomic E-state index is 0.742. The zero-order chi connectivity index (χ0) is 12.8. The molecule has 0 spiro atoms. The second-order valence-corrected chi connectivity index (χ2v) is 5.71. The first kappa shape index (κ1) is 13.6. The first-order valence-electron chi connectivity index (χ1n) is 7.57. The van der Waals surface area contributed by atoms with Gasteiger partial charge >= 0.3 is 0 Å². The highest BCUT2D eigenvalue weighted by molar-refractivity contribution is 5.19. The molecule has 1 aromatic rings. The number of rotatable bonds is 5. The Morgan fingerprint density at radius 3 is 2.33 bits per heavy atom. The number of hydrogen-bond acceptors (Lipinski definition) is 1. The largest absolute Gasteiger partial charge is 0.317 e. The van der Waals surface area contributed by atoms with E-state index in [0.29, 0.717) is 0 Å². The van der Waals surface area contributed by atoms with Crippen LogP contribution in [0.15, 0.2) is 30.3 Å². The van der Waals surface area contributed by atoms with E-state index < -0.39 is 0 Å². The van der Waals surface area contributed by atoms with Crippen molar-refractivity contribution in [2.45, 2.75) is 57.4 Å². The van der Waals surface area contributed by atoms with Gasteiger partial charge in [-0.3, -0.25) is 0 Å². The molecule has 1 nitrogen and oxygen atoms in total. The summed E-state index contributed by atoms with van der Waals surface area (Å²) in [6.07, 6.45) is 8.16. The summed E-state index contributed by atoms with van der Waals surface area (Å²) in [5, 5.41) is 3.53. The molecule has 18 heavy (non-hydrogen) atoms. The Bertz CT molecular complexity index is 325. The van der Waals surface area contributed by atoms with Crippen LogP contribution in [0.5, 0.6) is 0 Å². The van der Waals surface area contributed by atoms with Gasteiger partial charge in [0.2, 0.25) is 0 Å². The molecule has 0 aliphatic heterocycles. The van der Waals surface area contributed by atoms with Gasteiger partial charge in [0.25, 0.3) is 0 Å². The quantitative estimate of drug-likeness (QED) is 0.813. The lowest BCUT2D eigenvalue weighted by molar-refractivity contribution is 0.249. The average molecular weight is 245 g/mol. The van der Waals surface area contributed by atoms with Crippen LogP contribution in [0.1, 0.15) is 56.9 Å². The molecule has 1 N–H and O–H groups in total. The van der Waals surface area contributed by atoms with Crippen molar-refractivity contribution in [2.75, 3.05) is 7.05 Å². The predicted molar refractivity (Wildman–Crippen MR) is 78.9 cm³/mol. The van der Waals surface area contributed by atoms with Crippen LogP contribution in [0, 0.1) is 5.92 Å². The van der Waals surface area contributed by atoms with E-state index in [9.17, 15) is 0 Å². The maximum absolute atomic E-state index is 3.53. The molecular weight excluding hydrogens is 218 g/mol. The topological polar surface area (TPSA) is 12.0 Å². The van der Waals surface area contributed by atoms with Gasteiger partial charge in [-0.05, 0) is 56.6 Å². The van der Waals surface area contributed by atoms with Gasteiger partial charge in [-0.2, -0.15) is 0 Å². The van der Waals surface area contributed by atoms with Crippen LogP contribution in [0.25, 0.3) is 0 Å². The van der Waals surface area contributed by atoms with Crippen LogP contribution in [-0.4, -0.2) is 13.1 Å². The summed E-state index contributed by atoms with van der Waals surface area (Å²) in [6, 6.07) is 11.8. The summed E-state index contributed by atoms with van der Waals surface area (Å²) in [5.74, 6) is 1.71. The van der Waals surface area contributed by atoms with Gasteiger partial charge in [0.15, 0.2) is 0 Å². The van der Waals surface area contributed by atoms with Gasteiger partial charge < -0.3 is 5.32 Å². The molecule has 0 bridgehead atoms. The van der Waals surface area contributed by atoms with Crippen molar-refractivity contribution in [3.8, 4) is 0 Å².